The molecule has 0 spiro atoms. The molecule has 0 amide bonds. The summed E-state index contributed by atoms with van der Waals surface area (Å²) in [4.78, 5) is 0. The summed E-state index contributed by atoms with van der Waals surface area (Å²) in [6.45, 7) is 0. The summed E-state index contributed by atoms with van der Waals surface area (Å²) < 4.78 is 4.89. The quantitative estimate of drug-likeness (QED) is 0.562. The average molecular weight is 138 g/mol. The van der Waals surface area contributed by atoms with Crippen LogP contribution in [-0.4, -0.2) is 12.8 Å². The van der Waals surface area contributed by atoms with Crippen LogP contribution >= 0.6 is 0 Å². The molecule has 0 radical (unpaired) electrons. The number of nitrogens with two attached hydrogens (primary N) is 1. The van der Waals surface area contributed by atoms with Crippen molar-refractivity contribution in [3.05, 3.63) is 23.6 Å². The van der Waals surface area contributed by atoms with E-state index >= 15 is 0 Å². The molecule has 0 aromatic rings. The molecular weight excluding hydrogens is 128 g/mol. The van der Waals surface area contributed by atoms with Crippen LogP contribution in [0, 0.1) is 5.41 Å². The van der Waals surface area contributed by atoms with Crippen molar-refractivity contribution < 1.29 is 4.74 Å². The molecule has 1 aliphatic rings. The van der Waals surface area contributed by atoms with Gasteiger partial charge in [-0.25, -0.2) is 0 Å². The third-order valence-electron chi connectivity index (χ3n) is 1.35. The Morgan fingerprint density at radius 1 is 1.60 bits per heavy atom. The zero-order valence-corrected chi connectivity index (χ0v) is 5.85. The van der Waals surface area contributed by atoms with Crippen LogP contribution < -0.4 is 5.73 Å². The lowest BCUT2D eigenvalue weighted by Gasteiger charge is -2.11. The highest BCUT2D eigenvalue weighted by atomic mass is 16.5. The number of rotatable bonds is 1. The minimum Gasteiger partial charge on any atom is -0.495 e. The molecule has 3 heteroatoms. The zero-order chi connectivity index (χ0) is 7.56. The maximum absolute atomic E-state index is 7.36. The van der Waals surface area contributed by atoms with Crippen molar-refractivity contribution in [1.82, 2.24) is 0 Å². The number of hydrogen-bond donors (Lipinski definition) is 2. The topological polar surface area (TPSA) is 59.1 Å². The lowest BCUT2D eigenvalue weighted by molar-refractivity contribution is 0.313. The standard InChI is InChI=1S/C7H10N2O/c1-10-7-3-2-5(8)4-6(7)9/h2-3,9H,4,8H2,1H3. The largest absolute Gasteiger partial charge is 0.495 e. The first-order valence-corrected chi connectivity index (χ1v) is 3.02. The molecule has 1 aliphatic carbocycles. The first kappa shape index (κ1) is 6.86. The molecule has 0 fully saturated rings. The molecule has 0 heterocycles. The number of nitrogens with one attached hydrogen (secondary N) is 1. The van der Waals surface area contributed by atoms with E-state index in [0.717, 1.165) is 0 Å². The van der Waals surface area contributed by atoms with Gasteiger partial charge in [-0.2, -0.15) is 0 Å². The van der Waals surface area contributed by atoms with Crippen LogP contribution in [0.25, 0.3) is 0 Å². The van der Waals surface area contributed by atoms with Crippen LogP contribution in [0.2, 0.25) is 0 Å². The second kappa shape index (κ2) is 2.56. The van der Waals surface area contributed by atoms with Gasteiger partial charge in [0.1, 0.15) is 5.76 Å². The smallest absolute Gasteiger partial charge is 0.140 e. The van der Waals surface area contributed by atoms with Crippen molar-refractivity contribution in [2.45, 2.75) is 6.42 Å². The molecule has 0 aromatic heterocycles. The van der Waals surface area contributed by atoms with Gasteiger partial charge in [-0.3, -0.25) is 0 Å². The Kier molecular flexibility index (Phi) is 1.76. The fourth-order valence-corrected chi connectivity index (χ4v) is 0.825. The van der Waals surface area contributed by atoms with Crippen LogP contribution in [0.5, 0.6) is 0 Å². The van der Waals surface area contributed by atoms with Gasteiger partial charge < -0.3 is 15.9 Å². The summed E-state index contributed by atoms with van der Waals surface area (Å²) in [5.41, 5.74) is 6.62. The summed E-state index contributed by atoms with van der Waals surface area (Å²) in [5, 5.41) is 7.36. The molecule has 0 bridgehead atoms. The highest BCUT2D eigenvalue weighted by molar-refractivity contribution is 5.98. The SMILES string of the molecule is COC1=CC=C(N)CC1=N. The molecule has 1 rings (SSSR count). The number of allylic oxidation sites excluding steroid dienone is 4. The maximum Gasteiger partial charge on any atom is 0.140 e. The van der Waals surface area contributed by atoms with Gasteiger partial charge >= 0.3 is 0 Å². The van der Waals surface area contributed by atoms with Crippen LogP contribution in [-0.2, 0) is 4.74 Å². The molecule has 0 saturated carbocycles. The van der Waals surface area contributed by atoms with Crippen molar-refractivity contribution in [3.8, 4) is 0 Å². The van der Waals surface area contributed by atoms with Crippen molar-refractivity contribution in [2.75, 3.05) is 7.11 Å². The summed E-state index contributed by atoms with van der Waals surface area (Å²) in [5.74, 6) is 0.606. The molecule has 0 saturated heterocycles. The Labute approximate surface area is 59.7 Å². The van der Waals surface area contributed by atoms with E-state index in [-0.39, 0.29) is 0 Å². The van der Waals surface area contributed by atoms with Gasteiger partial charge in [0, 0.05) is 12.1 Å². The molecular formula is C7H10N2O. The molecule has 0 aromatic carbocycles. The Morgan fingerprint density at radius 3 is 2.80 bits per heavy atom. The number of methoxy groups -OCH3 is 1. The van der Waals surface area contributed by atoms with Crippen molar-refractivity contribution >= 4 is 5.71 Å². The van der Waals surface area contributed by atoms with E-state index in [1.807, 2.05) is 0 Å². The van der Waals surface area contributed by atoms with E-state index in [2.05, 4.69) is 0 Å². The van der Waals surface area contributed by atoms with Crippen LogP contribution in [0.1, 0.15) is 6.42 Å². The van der Waals surface area contributed by atoms with Gasteiger partial charge in [0.25, 0.3) is 0 Å². The Morgan fingerprint density at radius 2 is 2.30 bits per heavy atom. The highest BCUT2D eigenvalue weighted by Crippen LogP contribution is 2.11. The van der Waals surface area contributed by atoms with Gasteiger partial charge in [0.15, 0.2) is 0 Å². The normalized spacial score (nSPS) is 17.9. The molecule has 0 unspecified atom stereocenters. The van der Waals surface area contributed by atoms with Gasteiger partial charge in [0.2, 0.25) is 0 Å². The van der Waals surface area contributed by atoms with E-state index in [1.54, 1.807) is 19.3 Å². The van der Waals surface area contributed by atoms with Crippen LogP contribution in [0.15, 0.2) is 23.6 Å². The third-order valence-corrected chi connectivity index (χ3v) is 1.35. The van der Waals surface area contributed by atoms with E-state index in [0.29, 0.717) is 23.6 Å². The van der Waals surface area contributed by atoms with Gasteiger partial charge in [-0.1, -0.05) is 0 Å². The van der Waals surface area contributed by atoms with Gasteiger partial charge in [-0.15, -0.1) is 0 Å². The summed E-state index contributed by atoms with van der Waals surface area (Å²) in [7, 11) is 1.55. The lowest BCUT2D eigenvalue weighted by Crippen LogP contribution is -2.12. The predicted molar refractivity (Wildman–Crippen MR) is 39.7 cm³/mol. The maximum atomic E-state index is 7.36. The zero-order valence-electron chi connectivity index (χ0n) is 5.85. The first-order chi connectivity index (χ1) is 4.74. The minimum absolute atomic E-state index is 0.447. The Bertz CT molecular complexity index is 216. The summed E-state index contributed by atoms with van der Waals surface area (Å²) in [6.07, 6.45) is 3.97. The fourth-order valence-electron chi connectivity index (χ4n) is 0.825. The molecule has 0 aliphatic heterocycles. The summed E-state index contributed by atoms with van der Waals surface area (Å²) in [6, 6.07) is 0. The van der Waals surface area contributed by atoms with E-state index in [1.165, 1.54) is 0 Å². The lowest BCUT2D eigenvalue weighted by atomic mass is 10.1. The van der Waals surface area contributed by atoms with E-state index in [4.69, 9.17) is 15.9 Å². The van der Waals surface area contributed by atoms with Crippen molar-refractivity contribution in [3.63, 3.8) is 0 Å². The van der Waals surface area contributed by atoms with E-state index < -0.39 is 0 Å². The first-order valence-electron chi connectivity index (χ1n) is 3.02. The molecule has 3 nitrogen and oxygen atoms in total. The number of hydrogen-bond acceptors (Lipinski definition) is 3. The number of ether oxygens (including phenoxy) is 1. The fraction of sp³-hybridized carbons (Fsp3) is 0.286. The van der Waals surface area contributed by atoms with Gasteiger partial charge in [0.05, 0.1) is 12.8 Å². The highest BCUT2D eigenvalue weighted by Gasteiger charge is 2.09. The van der Waals surface area contributed by atoms with Crippen LogP contribution in [0.3, 0.4) is 0 Å². The van der Waals surface area contributed by atoms with E-state index in [9.17, 15) is 0 Å². The molecule has 10 heavy (non-hydrogen) atoms. The molecule has 3 N–H and O–H groups in total. The Balaban J connectivity index is 2.82. The second-order valence-electron chi connectivity index (χ2n) is 2.13. The molecule has 54 valence electrons. The minimum atomic E-state index is 0.447. The van der Waals surface area contributed by atoms with Crippen molar-refractivity contribution in [1.29, 1.82) is 5.41 Å². The monoisotopic (exact) mass is 138 g/mol. The predicted octanol–water partition coefficient (Wildman–Crippen LogP) is 0.783. The Hall–Kier alpha value is -1.25. The summed E-state index contributed by atoms with van der Waals surface area (Å²) >= 11 is 0. The van der Waals surface area contributed by atoms with Crippen LogP contribution in [0.4, 0.5) is 0 Å². The third kappa shape index (κ3) is 1.18. The van der Waals surface area contributed by atoms with Crippen molar-refractivity contribution in [2.24, 2.45) is 5.73 Å². The van der Waals surface area contributed by atoms with Gasteiger partial charge in [-0.05, 0) is 12.2 Å². The second-order valence-corrected chi connectivity index (χ2v) is 2.13. The average Bonchev–Trinajstić information content (AvgIpc) is 1.88. The molecule has 0 atom stereocenters.